The highest BCUT2D eigenvalue weighted by atomic mass is 32.1. The monoisotopic (exact) mass is 386 g/mol. The maximum atomic E-state index is 2.34. The van der Waals surface area contributed by atoms with E-state index in [4.69, 9.17) is 0 Å². The molecule has 0 radical (unpaired) electrons. The number of hydrogen-bond donors (Lipinski definition) is 0. The molecule has 0 saturated carbocycles. The van der Waals surface area contributed by atoms with Crippen LogP contribution in [0.3, 0.4) is 0 Å². The van der Waals surface area contributed by atoms with Gasteiger partial charge in [-0.2, -0.15) is 0 Å². The van der Waals surface area contributed by atoms with Gasteiger partial charge in [0, 0.05) is 20.2 Å². The van der Waals surface area contributed by atoms with E-state index in [0.717, 1.165) is 0 Å². The Hall–Kier alpha value is -3.42. The first-order valence-electron chi connectivity index (χ1n) is 9.87. The number of benzene rings is 5. The van der Waals surface area contributed by atoms with Crippen LogP contribution in [0.4, 0.5) is 0 Å². The summed E-state index contributed by atoms with van der Waals surface area (Å²) in [7, 11) is 0. The Kier molecular flexibility index (Phi) is 3.75. The summed E-state index contributed by atoms with van der Waals surface area (Å²) < 4.78 is 2.70. The molecule has 0 atom stereocenters. The molecule has 0 spiro atoms. The summed E-state index contributed by atoms with van der Waals surface area (Å²) in [6.45, 7) is 0. The van der Waals surface area contributed by atoms with Crippen LogP contribution >= 0.6 is 11.3 Å². The third-order valence-electron chi connectivity index (χ3n) is 5.67. The van der Waals surface area contributed by atoms with Crippen molar-refractivity contribution < 1.29 is 0 Å². The second kappa shape index (κ2) is 6.58. The van der Waals surface area contributed by atoms with Gasteiger partial charge in [0.05, 0.1) is 0 Å². The highest BCUT2D eigenvalue weighted by Crippen LogP contribution is 2.44. The summed E-state index contributed by atoms with van der Waals surface area (Å²) in [5, 5.41) is 5.34. The standard InChI is InChI=1S/C28H18S/c1-2-8-19(9-3-1)20-14-16-21(17-15-20)27-23-11-5-4-10-22(23)18-26-28(27)24-12-6-7-13-25(24)29-26/h1-18H. The van der Waals surface area contributed by atoms with Crippen LogP contribution in [0.25, 0.3) is 53.2 Å². The Morgan fingerprint density at radius 3 is 1.90 bits per heavy atom. The van der Waals surface area contributed by atoms with Crippen molar-refractivity contribution in [2.24, 2.45) is 0 Å². The molecule has 0 unspecified atom stereocenters. The van der Waals surface area contributed by atoms with Gasteiger partial charge in [-0.3, -0.25) is 0 Å². The molecule has 0 nitrogen and oxygen atoms in total. The number of rotatable bonds is 2. The lowest BCUT2D eigenvalue weighted by atomic mass is 9.92. The highest BCUT2D eigenvalue weighted by molar-refractivity contribution is 7.26. The van der Waals surface area contributed by atoms with Gasteiger partial charge in [0.1, 0.15) is 0 Å². The van der Waals surface area contributed by atoms with E-state index in [9.17, 15) is 0 Å². The van der Waals surface area contributed by atoms with Crippen LogP contribution in [-0.2, 0) is 0 Å². The van der Waals surface area contributed by atoms with Crippen molar-refractivity contribution in [1.82, 2.24) is 0 Å². The highest BCUT2D eigenvalue weighted by Gasteiger charge is 2.14. The Morgan fingerprint density at radius 1 is 0.448 bits per heavy atom. The van der Waals surface area contributed by atoms with Crippen molar-refractivity contribution in [3.05, 3.63) is 109 Å². The molecular formula is C28H18S. The quantitative estimate of drug-likeness (QED) is 0.280. The van der Waals surface area contributed by atoms with E-state index in [1.165, 1.54) is 53.2 Å². The fourth-order valence-corrected chi connectivity index (χ4v) is 5.47. The van der Waals surface area contributed by atoms with E-state index >= 15 is 0 Å². The molecular weight excluding hydrogens is 368 g/mol. The van der Waals surface area contributed by atoms with Gasteiger partial charge in [-0.25, -0.2) is 0 Å². The van der Waals surface area contributed by atoms with Gasteiger partial charge in [-0.05, 0) is 45.2 Å². The molecule has 0 aliphatic rings. The number of thiophene rings is 1. The zero-order valence-corrected chi connectivity index (χ0v) is 16.6. The van der Waals surface area contributed by atoms with Crippen LogP contribution in [0.15, 0.2) is 109 Å². The van der Waals surface area contributed by atoms with E-state index < -0.39 is 0 Å². The average Bonchev–Trinajstić information content (AvgIpc) is 3.16. The number of hydrogen-bond acceptors (Lipinski definition) is 1. The van der Waals surface area contributed by atoms with Gasteiger partial charge in [-0.15, -0.1) is 11.3 Å². The molecule has 0 fully saturated rings. The predicted molar refractivity (Wildman–Crippen MR) is 128 cm³/mol. The fourth-order valence-electron chi connectivity index (χ4n) is 4.31. The predicted octanol–water partition coefficient (Wildman–Crippen LogP) is 8.54. The molecule has 0 bridgehead atoms. The average molecular weight is 387 g/mol. The van der Waals surface area contributed by atoms with Crippen LogP contribution < -0.4 is 0 Å². The van der Waals surface area contributed by atoms with E-state index in [0.29, 0.717) is 0 Å². The van der Waals surface area contributed by atoms with Crippen molar-refractivity contribution in [2.45, 2.75) is 0 Å². The zero-order chi connectivity index (χ0) is 19.2. The summed E-state index contributed by atoms with van der Waals surface area (Å²) in [5.41, 5.74) is 5.12. The summed E-state index contributed by atoms with van der Waals surface area (Å²) in [6.07, 6.45) is 0. The van der Waals surface area contributed by atoms with Gasteiger partial charge in [0.2, 0.25) is 0 Å². The Morgan fingerprint density at radius 2 is 1.07 bits per heavy atom. The van der Waals surface area contributed by atoms with Crippen molar-refractivity contribution in [3.8, 4) is 22.3 Å². The molecule has 5 aromatic carbocycles. The minimum atomic E-state index is 1.25. The van der Waals surface area contributed by atoms with Crippen LogP contribution in [-0.4, -0.2) is 0 Å². The van der Waals surface area contributed by atoms with E-state index in [1.807, 2.05) is 11.3 Å². The normalized spacial score (nSPS) is 11.4. The molecule has 1 aromatic heterocycles. The summed E-state index contributed by atoms with van der Waals surface area (Å²) in [6, 6.07) is 39.5. The Labute approximate surface area is 173 Å². The maximum absolute atomic E-state index is 2.34. The number of fused-ring (bicyclic) bond motifs is 4. The Balaban J connectivity index is 1.67. The van der Waals surface area contributed by atoms with Crippen LogP contribution in [0, 0.1) is 0 Å². The molecule has 29 heavy (non-hydrogen) atoms. The second-order valence-electron chi connectivity index (χ2n) is 7.39. The third kappa shape index (κ3) is 2.66. The molecule has 1 heterocycles. The molecule has 0 N–H and O–H groups in total. The molecule has 1 heteroatoms. The zero-order valence-electron chi connectivity index (χ0n) is 15.8. The van der Waals surface area contributed by atoms with Gasteiger partial charge in [-0.1, -0.05) is 97.1 Å². The van der Waals surface area contributed by atoms with Gasteiger partial charge in [0.15, 0.2) is 0 Å². The molecule has 0 aliphatic carbocycles. The van der Waals surface area contributed by atoms with Crippen LogP contribution in [0.2, 0.25) is 0 Å². The first kappa shape index (κ1) is 16.5. The van der Waals surface area contributed by atoms with E-state index in [-0.39, 0.29) is 0 Å². The summed E-state index contributed by atoms with van der Waals surface area (Å²) in [4.78, 5) is 0. The fraction of sp³-hybridized carbons (Fsp3) is 0. The second-order valence-corrected chi connectivity index (χ2v) is 8.47. The summed E-state index contributed by atoms with van der Waals surface area (Å²) in [5.74, 6) is 0. The molecule has 0 saturated heterocycles. The van der Waals surface area contributed by atoms with Crippen molar-refractivity contribution in [1.29, 1.82) is 0 Å². The van der Waals surface area contributed by atoms with Crippen molar-refractivity contribution >= 4 is 42.3 Å². The smallest absolute Gasteiger partial charge is 0.0368 e. The molecule has 0 aliphatic heterocycles. The van der Waals surface area contributed by atoms with Crippen molar-refractivity contribution in [2.75, 3.05) is 0 Å². The van der Waals surface area contributed by atoms with Crippen LogP contribution in [0.1, 0.15) is 0 Å². The van der Waals surface area contributed by atoms with E-state index in [2.05, 4.69) is 109 Å². The lowest BCUT2D eigenvalue weighted by Gasteiger charge is -2.11. The molecule has 136 valence electrons. The molecule has 0 amide bonds. The SMILES string of the molecule is c1ccc(-c2ccc(-c3c4ccccc4cc4sc5ccccc5c34)cc2)cc1. The van der Waals surface area contributed by atoms with Crippen molar-refractivity contribution in [3.63, 3.8) is 0 Å². The Bertz CT molecular complexity index is 1470. The summed E-state index contributed by atoms with van der Waals surface area (Å²) >= 11 is 1.89. The minimum Gasteiger partial charge on any atom is -0.135 e. The lowest BCUT2D eigenvalue weighted by Crippen LogP contribution is -1.85. The lowest BCUT2D eigenvalue weighted by molar-refractivity contribution is 1.61. The van der Waals surface area contributed by atoms with Gasteiger partial charge >= 0.3 is 0 Å². The topological polar surface area (TPSA) is 0 Å². The van der Waals surface area contributed by atoms with Crippen LogP contribution in [0.5, 0.6) is 0 Å². The minimum absolute atomic E-state index is 1.25. The van der Waals surface area contributed by atoms with Gasteiger partial charge in [0.25, 0.3) is 0 Å². The first-order chi connectivity index (χ1) is 14.4. The molecule has 6 aromatic rings. The third-order valence-corrected chi connectivity index (χ3v) is 6.79. The molecule has 6 rings (SSSR count). The maximum Gasteiger partial charge on any atom is 0.0368 e. The van der Waals surface area contributed by atoms with E-state index in [1.54, 1.807) is 0 Å². The van der Waals surface area contributed by atoms with Gasteiger partial charge < -0.3 is 0 Å². The first-order valence-corrected chi connectivity index (χ1v) is 10.7. The largest absolute Gasteiger partial charge is 0.135 e.